The molecule has 1 rings (SSSR count). The number of benzene rings is 1. The molecule has 1 aromatic carbocycles. The number of rotatable bonds is 10. The molecular formula is C18H27NO3. The molecule has 0 aliphatic rings. The number of methoxy groups -OCH3 is 1. The Hall–Kier alpha value is -1.38. The van der Waals surface area contributed by atoms with Crippen molar-refractivity contribution >= 4 is 0 Å². The first-order valence-corrected chi connectivity index (χ1v) is 7.53. The SMILES string of the molecule is C#CCOC[C@@H](O)CN(CCOC)Cc1cc(C)ccc1C. The minimum atomic E-state index is -0.560. The fourth-order valence-corrected chi connectivity index (χ4v) is 2.27. The van der Waals surface area contributed by atoms with Gasteiger partial charge in [0.1, 0.15) is 6.61 Å². The van der Waals surface area contributed by atoms with Crippen LogP contribution in [-0.2, 0) is 16.0 Å². The van der Waals surface area contributed by atoms with Crippen LogP contribution in [0.25, 0.3) is 0 Å². The van der Waals surface area contributed by atoms with Crippen molar-refractivity contribution in [1.29, 1.82) is 0 Å². The number of aryl methyl sites for hydroxylation is 2. The smallest absolute Gasteiger partial charge is 0.107 e. The van der Waals surface area contributed by atoms with E-state index in [1.54, 1.807) is 7.11 Å². The summed E-state index contributed by atoms with van der Waals surface area (Å²) in [5, 5.41) is 10.1. The molecule has 0 aromatic heterocycles. The molecule has 4 heteroatoms. The number of nitrogens with zero attached hydrogens (tertiary/aromatic N) is 1. The van der Waals surface area contributed by atoms with E-state index in [0.29, 0.717) is 13.2 Å². The van der Waals surface area contributed by atoms with Crippen molar-refractivity contribution in [2.24, 2.45) is 0 Å². The zero-order valence-corrected chi connectivity index (χ0v) is 13.8. The fraction of sp³-hybridized carbons (Fsp3) is 0.556. The van der Waals surface area contributed by atoms with E-state index < -0.39 is 6.10 Å². The predicted molar refractivity (Wildman–Crippen MR) is 88.7 cm³/mol. The number of aliphatic hydroxyl groups excluding tert-OH is 1. The average molecular weight is 305 g/mol. The van der Waals surface area contributed by atoms with Gasteiger partial charge in [-0.3, -0.25) is 4.90 Å². The maximum Gasteiger partial charge on any atom is 0.107 e. The van der Waals surface area contributed by atoms with Gasteiger partial charge in [0.2, 0.25) is 0 Å². The highest BCUT2D eigenvalue weighted by molar-refractivity contribution is 5.30. The van der Waals surface area contributed by atoms with Gasteiger partial charge in [0.25, 0.3) is 0 Å². The van der Waals surface area contributed by atoms with Crippen LogP contribution in [-0.4, -0.2) is 56.1 Å². The second-order valence-corrected chi connectivity index (χ2v) is 5.53. The van der Waals surface area contributed by atoms with Crippen LogP contribution in [0.1, 0.15) is 16.7 Å². The van der Waals surface area contributed by atoms with Gasteiger partial charge in [-0.25, -0.2) is 0 Å². The van der Waals surface area contributed by atoms with Gasteiger partial charge in [-0.05, 0) is 25.0 Å². The van der Waals surface area contributed by atoms with Gasteiger partial charge < -0.3 is 14.6 Å². The summed E-state index contributed by atoms with van der Waals surface area (Å²) in [6.45, 7) is 7.37. The Kier molecular flexibility index (Phi) is 8.79. The number of aliphatic hydroxyl groups is 1. The zero-order valence-electron chi connectivity index (χ0n) is 13.8. The number of hydrogen-bond donors (Lipinski definition) is 1. The van der Waals surface area contributed by atoms with E-state index in [2.05, 4.69) is 42.9 Å². The Labute approximate surface area is 134 Å². The summed E-state index contributed by atoms with van der Waals surface area (Å²) in [5.74, 6) is 2.40. The van der Waals surface area contributed by atoms with Crippen LogP contribution in [0.15, 0.2) is 18.2 Å². The molecule has 0 saturated carbocycles. The summed E-state index contributed by atoms with van der Waals surface area (Å²) in [4.78, 5) is 2.18. The molecule has 0 bridgehead atoms. The van der Waals surface area contributed by atoms with Crippen LogP contribution in [0.2, 0.25) is 0 Å². The highest BCUT2D eigenvalue weighted by Gasteiger charge is 2.13. The number of ether oxygens (including phenoxy) is 2. The third kappa shape index (κ3) is 7.06. The highest BCUT2D eigenvalue weighted by Crippen LogP contribution is 2.13. The lowest BCUT2D eigenvalue weighted by Crippen LogP contribution is -2.36. The Morgan fingerprint density at radius 2 is 2.14 bits per heavy atom. The van der Waals surface area contributed by atoms with Gasteiger partial charge >= 0.3 is 0 Å². The molecule has 122 valence electrons. The summed E-state index contributed by atoms with van der Waals surface area (Å²) >= 11 is 0. The van der Waals surface area contributed by atoms with E-state index in [1.807, 2.05) is 0 Å². The van der Waals surface area contributed by atoms with Gasteiger partial charge in [-0.1, -0.05) is 29.7 Å². The normalized spacial score (nSPS) is 12.4. The van der Waals surface area contributed by atoms with Gasteiger partial charge in [-0.15, -0.1) is 6.42 Å². The van der Waals surface area contributed by atoms with E-state index >= 15 is 0 Å². The van der Waals surface area contributed by atoms with E-state index in [1.165, 1.54) is 16.7 Å². The first kappa shape index (κ1) is 18.7. The number of terminal acetylenes is 1. The molecule has 0 amide bonds. The van der Waals surface area contributed by atoms with Gasteiger partial charge in [-0.2, -0.15) is 0 Å². The monoisotopic (exact) mass is 305 g/mol. The van der Waals surface area contributed by atoms with Crippen molar-refractivity contribution < 1.29 is 14.6 Å². The Balaban J connectivity index is 2.63. The third-order valence-electron chi connectivity index (χ3n) is 3.47. The van der Waals surface area contributed by atoms with Gasteiger partial charge in [0, 0.05) is 26.7 Å². The first-order chi connectivity index (χ1) is 10.6. The lowest BCUT2D eigenvalue weighted by atomic mass is 10.1. The average Bonchev–Trinajstić information content (AvgIpc) is 2.48. The quantitative estimate of drug-likeness (QED) is 0.528. The molecule has 0 unspecified atom stereocenters. The lowest BCUT2D eigenvalue weighted by molar-refractivity contribution is 0.0207. The Morgan fingerprint density at radius 1 is 1.36 bits per heavy atom. The van der Waals surface area contributed by atoms with E-state index in [0.717, 1.165) is 13.1 Å². The van der Waals surface area contributed by atoms with Crippen LogP contribution < -0.4 is 0 Å². The van der Waals surface area contributed by atoms with Crippen LogP contribution in [0, 0.1) is 26.2 Å². The molecule has 1 aromatic rings. The molecule has 0 radical (unpaired) electrons. The van der Waals surface area contributed by atoms with Crippen LogP contribution >= 0.6 is 0 Å². The number of hydrogen-bond acceptors (Lipinski definition) is 4. The minimum absolute atomic E-state index is 0.228. The van der Waals surface area contributed by atoms with Crippen LogP contribution in [0.5, 0.6) is 0 Å². The van der Waals surface area contributed by atoms with E-state index in [9.17, 15) is 5.11 Å². The van der Waals surface area contributed by atoms with Crippen molar-refractivity contribution in [3.63, 3.8) is 0 Å². The van der Waals surface area contributed by atoms with Crippen LogP contribution in [0.4, 0.5) is 0 Å². The molecule has 1 N–H and O–H groups in total. The molecule has 0 saturated heterocycles. The highest BCUT2D eigenvalue weighted by atomic mass is 16.5. The summed E-state index contributed by atoms with van der Waals surface area (Å²) in [6, 6.07) is 6.43. The van der Waals surface area contributed by atoms with Crippen molar-refractivity contribution in [3.05, 3.63) is 34.9 Å². The molecule has 4 nitrogen and oxygen atoms in total. The standard InChI is InChI=1S/C18H27NO3/c1-5-9-22-14-18(20)13-19(8-10-21-4)12-17-11-15(2)6-7-16(17)3/h1,6-7,11,18,20H,8-10,12-14H2,2-4H3/t18-/m0/s1. The topological polar surface area (TPSA) is 41.9 Å². The summed E-state index contributed by atoms with van der Waals surface area (Å²) in [6.07, 6.45) is 4.57. The fourth-order valence-electron chi connectivity index (χ4n) is 2.27. The minimum Gasteiger partial charge on any atom is -0.389 e. The molecule has 0 aliphatic heterocycles. The van der Waals surface area contributed by atoms with Crippen molar-refractivity contribution in [2.75, 3.05) is 40.0 Å². The maximum atomic E-state index is 10.1. The van der Waals surface area contributed by atoms with Gasteiger partial charge in [0.05, 0.1) is 19.3 Å². The first-order valence-electron chi connectivity index (χ1n) is 7.53. The molecule has 0 heterocycles. The second-order valence-electron chi connectivity index (χ2n) is 5.53. The molecule has 0 aliphatic carbocycles. The molecule has 0 fully saturated rings. The summed E-state index contributed by atoms with van der Waals surface area (Å²) in [5.41, 5.74) is 3.77. The van der Waals surface area contributed by atoms with Gasteiger partial charge in [0.15, 0.2) is 0 Å². The summed E-state index contributed by atoms with van der Waals surface area (Å²) < 4.78 is 10.4. The summed E-state index contributed by atoms with van der Waals surface area (Å²) in [7, 11) is 1.68. The van der Waals surface area contributed by atoms with Crippen molar-refractivity contribution in [1.82, 2.24) is 4.90 Å². The zero-order chi connectivity index (χ0) is 16.4. The maximum absolute atomic E-state index is 10.1. The largest absolute Gasteiger partial charge is 0.389 e. The van der Waals surface area contributed by atoms with Crippen molar-refractivity contribution in [3.8, 4) is 12.3 Å². The molecule has 1 atom stereocenters. The predicted octanol–water partition coefficient (Wildman–Crippen LogP) is 1.76. The van der Waals surface area contributed by atoms with E-state index in [-0.39, 0.29) is 13.2 Å². The third-order valence-corrected chi connectivity index (χ3v) is 3.47. The van der Waals surface area contributed by atoms with Crippen molar-refractivity contribution in [2.45, 2.75) is 26.5 Å². The molecule has 22 heavy (non-hydrogen) atoms. The van der Waals surface area contributed by atoms with Crippen LogP contribution in [0.3, 0.4) is 0 Å². The lowest BCUT2D eigenvalue weighted by Gasteiger charge is -2.25. The Bertz CT molecular complexity index is 482. The second kappa shape index (κ2) is 10.4. The Morgan fingerprint density at radius 3 is 2.82 bits per heavy atom. The molecular weight excluding hydrogens is 278 g/mol. The van der Waals surface area contributed by atoms with E-state index in [4.69, 9.17) is 15.9 Å². The molecule has 0 spiro atoms.